The fourth-order valence-corrected chi connectivity index (χ4v) is 4.06. The van der Waals surface area contributed by atoms with Crippen LogP contribution in [0.2, 0.25) is 0 Å². The summed E-state index contributed by atoms with van der Waals surface area (Å²) in [7, 11) is -3.57. The van der Waals surface area contributed by atoms with Crippen molar-refractivity contribution in [1.82, 2.24) is 0 Å². The average molecular weight is 295 g/mol. The van der Waals surface area contributed by atoms with Gasteiger partial charge in [-0.3, -0.25) is 4.79 Å². The molecule has 2 rings (SSSR count). The number of Topliss-reactive ketones (excluding diaryl/α,β-unsaturated/α-hetero) is 1. The van der Waals surface area contributed by atoms with Crippen LogP contribution in [0.15, 0.2) is 35.2 Å². The number of carbonyl (C=O) groups is 1. The van der Waals surface area contributed by atoms with Crippen molar-refractivity contribution in [3.63, 3.8) is 0 Å². The third-order valence-corrected chi connectivity index (χ3v) is 5.62. The Morgan fingerprint density at radius 3 is 2.35 bits per heavy atom. The number of benzene rings is 1. The van der Waals surface area contributed by atoms with Gasteiger partial charge in [-0.15, -0.1) is 0 Å². The Morgan fingerprint density at radius 1 is 1.15 bits per heavy atom. The number of rotatable bonds is 5. The summed E-state index contributed by atoms with van der Waals surface area (Å²) in [6, 6.07) is 7.42. The molecule has 0 heterocycles. The molecule has 0 amide bonds. The zero-order valence-corrected chi connectivity index (χ0v) is 12.3. The Hall–Kier alpha value is -1.20. The van der Waals surface area contributed by atoms with Gasteiger partial charge in [0.05, 0.1) is 10.9 Å². The second kappa shape index (κ2) is 6.50. The highest BCUT2D eigenvalue weighted by molar-refractivity contribution is 7.92. The first-order valence-electron chi connectivity index (χ1n) is 7.07. The molecule has 1 aromatic rings. The van der Waals surface area contributed by atoms with Crippen molar-refractivity contribution in [3.05, 3.63) is 30.3 Å². The molecule has 110 valence electrons. The van der Waals surface area contributed by atoms with Gasteiger partial charge in [0.25, 0.3) is 0 Å². The maximum absolute atomic E-state index is 12.2. The van der Waals surface area contributed by atoms with Crippen LogP contribution in [0.4, 0.5) is 0 Å². The molecule has 4 nitrogen and oxygen atoms in total. The summed E-state index contributed by atoms with van der Waals surface area (Å²) in [4.78, 5) is 12.3. The van der Waals surface area contributed by atoms with Gasteiger partial charge in [0.1, 0.15) is 5.75 Å². The Balaban J connectivity index is 2.03. The van der Waals surface area contributed by atoms with E-state index in [9.17, 15) is 13.2 Å². The van der Waals surface area contributed by atoms with Gasteiger partial charge in [0, 0.05) is 0 Å². The molecule has 1 atom stereocenters. The van der Waals surface area contributed by atoms with E-state index in [-0.39, 0.29) is 16.6 Å². The molecule has 0 radical (unpaired) electrons. The fraction of sp³-hybridized carbons (Fsp3) is 0.533. The maximum atomic E-state index is 12.2. The lowest BCUT2D eigenvalue weighted by Crippen LogP contribution is -2.42. The summed E-state index contributed by atoms with van der Waals surface area (Å²) in [5.41, 5.74) is 5.96. The summed E-state index contributed by atoms with van der Waals surface area (Å²) in [6.45, 7) is 0. The first-order chi connectivity index (χ1) is 9.50. The van der Waals surface area contributed by atoms with Gasteiger partial charge in [-0.05, 0) is 30.9 Å². The Bertz CT molecular complexity index is 548. The van der Waals surface area contributed by atoms with Crippen molar-refractivity contribution in [2.75, 3.05) is 5.75 Å². The van der Waals surface area contributed by atoms with Gasteiger partial charge >= 0.3 is 0 Å². The highest BCUT2D eigenvalue weighted by Gasteiger charge is 2.29. The summed E-state index contributed by atoms with van der Waals surface area (Å²) < 4.78 is 24.3. The topological polar surface area (TPSA) is 77.2 Å². The molecule has 1 aliphatic rings. The quantitative estimate of drug-likeness (QED) is 0.900. The summed E-state index contributed by atoms with van der Waals surface area (Å²) in [6.07, 6.45) is 5.20. The summed E-state index contributed by atoms with van der Waals surface area (Å²) >= 11 is 0. The van der Waals surface area contributed by atoms with Crippen LogP contribution in [0, 0.1) is 5.92 Å². The Labute approximate surface area is 120 Å². The van der Waals surface area contributed by atoms with Crippen molar-refractivity contribution < 1.29 is 13.2 Å². The van der Waals surface area contributed by atoms with Crippen molar-refractivity contribution in [1.29, 1.82) is 0 Å². The van der Waals surface area contributed by atoms with E-state index in [1.165, 1.54) is 18.6 Å². The number of ketones is 1. The van der Waals surface area contributed by atoms with Gasteiger partial charge in [-0.1, -0.05) is 37.5 Å². The smallest absolute Gasteiger partial charge is 0.185 e. The molecule has 1 fully saturated rings. The van der Waals surface area contributed by atoms with E-state index >= 15 is 0 Å². The van der Waals surface area contributed by atoms with Crippen LogP contribution in [-0.2, 0) is 14.6 Å². The lowest BCUT2D eigenvalue weighted by molar-refractivity contribution is -0.119. The van der Waals surface area contributed by atoms with E-state index in [2.05, 4.69) is 0 Å². The van der Waals surface area contributed by atoms with E-state index in [0.717, 1.165) is 25.7 Å². The summed E-state index contributed by atoms with van der Waals surface area (Å²) in [5, 5.41) is 0. The predicted octanol–water partition coefficient (Wildman–Crippen LogP) is 1.94. The normalized spacial score (nSPS) is 18.6. The second-order valence-corrected chi connectivity index (χ2v) is 7.45. The number of carbonyl (C=O) groups excluding carboxylic acids is 1. The largest absolute Gasteiger partial charge is 0.321 e. The van der Waals surface area contributed by atoms with E-state index in [0.29, 0.717) is 0 Å². The molecule has 0 bridgehead atoms. The minimum Gasteiger partial charge on any atom is -0.321 e. The lowest BCUT2D eigenvalue weighted by Gasteiger charge is -2.26. The Kier molecular flexibility index (Phi) is 4.94. The molecule has 0 unspecified atom stereocenters. The Morgan fingerprint density at radius 2 is 1.75 bits per heavy atom. The predicted molar refractivity (Wildman–Crippen MR) is 78.1 cm³/mol. The number of hydrogen-bond acceptors (Lipinski definition) is 4. The average Bonchev–Trinajstić information content (AvgIpc) is 2.48. The van der Waals surface area contributed by atoms with Crippen LogP contribution < -0.4 is 5.73 Å². The van der Waals surface area contributed by atoms with Crippen molar-refractivity contribution in [2.24, 2.45) is 11.7 Å². The SMILES string of the molecule is N[C@H](C(=O)CS(=O)(=O)c1ccccc1)C1CCCCC1. The minimum atomic E-state index is -3.57. The first-order valence-corrected chi connectivity index (χ1v) is 8.72. The van der Waals surface area contributed by atoms with Crippen LogP contribution in [0.3, 0.4) is 0 Å². The maximum Gasteiger partial charge on any atom is 0.185 e. The molecule has 0 spiro atoms. The van der Waals surface area contributed by atoms with E-state index in [1.54, 1.807) is 18.2 Å². The number of nitrogens with two attached hydrogens (primary N) is 1. The minimum absolute atomic E-state index is 0.141. The van der Waals surface area contributed by atoms with E-state index in [1.807, 2.05) is 0 Å². The molecule has 0 aliphatic heterocycles. The van der Waals surface area contributed by atoms with Gasteiger partial charge in [-0.2, -0.15) is 0 Å². The molecule has 0 aromatic heterocycles. The first kappa shape index (κ1) is 15.2. The number of sulfone groups is 1. The zero-order chi connectivity index (χ0) is 14.6. The molecule has 0 saturated heterocycles. The molecule has 1 aromatic carbocycles. The lowest BCUT2D eigenvalue weighted by atomic mass is 9.83. The van der Waals surface area contributed by atoms with Gasteiger partial charge < -0.3 is 5.73 Å². The van der Waals surface area contributed by atoms with Crippen molar-refractivity contribution in [3.8, 4) is 0 Å². The van der Waals surface area contributed by atoms with Gasteiger partial charge in [-0.25, -0.2) is 8.42 Å². The third-order valence-electron chi connectivity index (χ3n) is 3.96. The zero-order valence-electron chi connectivity index (χ0n) is 11.5. The molecular formula is C15H21NO3S. The summed E-state index contributed by atoms with van der Waals surface area (Å²) in [5.74, 6) is -0.711. The van der Waals surface area contributed by atoms with Crippen LogP contribution >= 0.6 is 0 Å². The monoisotopic (exact) mass is 295 g/mol. The van der Waals surface area contributed by atoms with E-state index in [4.69, 9.17) is 5.73 Å². The van der Waals surface area contributed by atoms with Crippen molar-refractivity contribution >= 4 is 15.6 Å². The highest BCUT2D eigenvalue weighted by Crippen LogP contribution is 2.26. The van der Waals surface area contributed by atoms with Gasteiger partial charge in [0.2, 0.25) is 0 Å². The molecule has 20 heavy (non-hydrogen) atoms. The molecule has 1 aliphatic carbocycles. The van der Waals surface area contributed by atoms with Crippen LogP contribution in [0.25, 0.3) is 0 Å². The number of hydrogen-bond donors (Lipinski definition) is 1. The highest BCUT2D eigenvalue weighted by atomic mass is 32.2. The van der Waals surface area contributed by atoms with Crippen LogP contribution in [0.1, 0.15) is 32.1 Å². The molecular weight excluding hydrogens is 274 g/mol. The third kappa shape index (κ3) is 3.67. The molecule has 2 N–H and O–H groups in total. The standard InChI is InChI=1S/C15H21NO3S/c16-15(12-7-3-1-4-8-12)14(17)11-20(18,19)13-9-5-2-6-10-13/h2,5-6,9-10,12,15H,1,3-4,7-8,11,16H2/t15-/m0/s1. The van der Waals surface area contributed by atoms with Crippen molar-refractivity contribution in [2.45, 2.75) is 43.0 Å². The van der Waals surface area contributed by atoms with Gasteiger partial charge in [0.15, 0.2) is 15.6 Å². The van der Waals surface area contributed by atoms with Crippen LogP contribution in [0.5, 0.6) is 0 Å². The molecule has 5 heteroatoms. The second-order valence-electron chi connectivity index (χ2n) is 5.46. The van der Waals surface area contributed by atoms with Crippen LogP contribution in [-0.4, -0.2) is 26.0 Å². The molecule has 1 saturated carbocycles. The fourth-order valence-electron chi connectivity index (χ4n) is 2.75. The van der Waals surface area contributed by atoms with E-state index < -0.39 is 21.6 Å².